The number of carbonyl (C=O) groups is 1. The van der Waals surface area contributed by atoms with Gasteiger partial charge in [0.15, 0.2) is 0 Å². The van der Waals surface area contributed by atoms with Crippen LogP contribution in [-0.4, -0.2) is 21.3 Å². The minimum absolute atomic E-state index is 0.00379. The summed E-state index contributed by atoms with van der Waals surface area (Å²) in [6.07, 6.45) is 1.32. The number of aromatic carboxylic acids is 1. The number of nitrogens with zero attached hydrogens (tertiary/aromatic N) is 2. The van der Waals surface area contributed by atoms with Gasteiger partial charge in [-0.3, -0.25) is 0 Å². The third kappa shape index (κ3) is 3.07. The molecule has 2 aromatic rings. The third-order valence-electron chi connectivity index (χ3n) is 2.66. The van der Waals surface area contributed by atoms with Crippen molar-refractivity contribution in [2.75, 3.05) is 0 Å². The van der Waals surface area contributed by atoms with Crippen LogP contribution in [0.3, 0.4) is 0 Å². The summed E-state index contributed by atoms with van der Waals surface area (Å²) in [6.45, 7) is 4.15. The molecule has 0 aliphatic heterocycles. The van der Waals surface area contributed by atoms with Gasteiger partial charge in [-0.15, -0.1) is 5.10 Å². The fraction of sp³-hybridized carbons (Fsp3) is 0.214. The zero-order chi connectivity index (χ0) is 13.8. The topological polar surface area (TPSA) is 72.3 Å². The van der Waals surface area contributed by atoms with Crippen molar-refractivity contribution in [3.63, 3.8) is 0 Å². The van der Waals surface area contributed by atoms with Crippen molar-refractivity contribution in [3.05, 3.63) is 47.7 Å². The lowest BCUT2D eigenvalue weighted by atomic mass is 10.0. The third-order valence-corrected chi connectivity index (χ3v) is 2.66. The van der Waals surface area contributed by atoms with Crippen molar-refractivity contribution < 1.29 is 14.6 Å². The molecule has 0 saturated heterocycles. The van der Waals surface area contributed by atoms with Crippen LogP contribution in [0.15, 0.2) is 36.5 Å². The van der Waals surface area contributed by atoms with Gasteiger partial charge in [-0.1, -0.05) is 26.0 Å². The van der Waals surface area contributed by atoms with Gasteiger partial charge in [0.05, 0.1) is 6.20 Å². The van der Waals surface area contributed by atoms with Gasteiger partial charge in [-0.2, -0.15) is 5.10 Å². The van der Waals surface area contributed by atoms with Gasteiger partial charge in [0.1, 0.15) is 11.3 Å². The maximum atomic E-state index is 11.0. The first-order valence-electron chi connectivity index (χ1n) is 5.90. The zero-order valence-corrected chi connectivity index (χ0v) is 10.7. The summed E-state index contributed by atoms with van der Waals surface area (Å²) in [5, 5.41) is 16.4. The molecule has 0 radical (unpaired) electrons. The highest BCUT2D eigenvalue weighted by Gasteiger charge is 2.13. The Hall–Kier alpha value is -2.43. The lowest BCUT2D eigenvalue weighted by molar-refractivity contribution is 0.0693. The molecule has 0 spiro atoms. The Morgan fingerprint density at radius 3 is 2.79 bits per heavy atom. The van der Waals surface area contributed by atoms with Gasteiger partial charge in [0, 0.05) is 0 Å². The average molecular weight is 258 g/mol. The zero-order valence-electron chi connectivity index (χ0n) is 10.7. The molecule has 0 amide bonds. The predicted molar refractivity (Wildman–Crippen MR) is 69.6 cm³/mol. The monoisotopic (exact) mass is 258 g/mol. The first-order chi connectivity index (χ1) is 9.08. The Bertz CT molecular complexity index is 597. The number of carboxylic acids is 1. The Balaban J connectivity index is 2.31. The number of hydrogen-bond donors (Lipinski definition) is 1. The summed E-state index contributed by atoms with van der Waals surface area (Å²) in [5.74, 6) is -0.181. The Labute approximate surface area is 110 Å². The molecular weight excluding hydrogens is 244 g/mol. The summed E-state index contributed by atoms with van der Waals surface area (Å²) in [7, 11) is 0. The molecule has 0 fully saturated rings. The van der Waals surface area contributed by atoms with Crippen LogP contribution in [0.2, 0.25) is 0 Å². The highest BCUT2D eigenvalue weighted by molar-refractivity contribution is 5.90. The average Bonchev–Trinajstić information content (AvgIpc) is 2.39. The van der Waals surface area contributed by atoms with Crippen molar-refractivity contribution in [2.24, 2.45) is 0 Å². The molecule has 5 nitrogen and oxygen atoms in total. The van der Waals surface area contributed by atoms with Crippen LogP contribution in [-0.2, 0) is 0 Å². The highest BCUT2D eigenvalue weighted by atomic mass is 16.5. The molecule has 0 saturated carbocycles. The Morgan fingerprint density at radius 2 is 2.11 bits per heavy atom. The van der Waals surface area contributed by atoms with E-state index in [0.717, 1.165) is 5.56 Å². The lowest BCUT2D eigenvalue weighted by Crippen LogP contribution is -2.03. The highest BCUT2D eigenvalue weighted by Crippen LogP contribution is 2.25. The van der Waals surface area contributed by atoms with E-state index in [9.17, 15) is 4.79 Å². The molecule has 5 heteroatoms. The van der Waals surface area contributed by atoms with Crippen molar-refractivity contribution in [1.29, 1.82) is 0 Å². The largest absolute Gasteiger partial charge is 0.477 e. The van der Waals surface area contributed by atoms with Crippen molar-refractivity contribution >= 4 is 5.97 Å². The Morgan fingerprint density at radius 1 is 1.32 bits per heavy atom. The van der Waals surface area contributed by atoms with E-state index in [4.69, 9.17) is 9.84 Å². The molecule has 0 bridgehead atoms. The molecule has 1 aromatic carbocycles. The van der Waals surface area contributed by atoms with Gasteiger partial charge >= 0.3 is 5.97 Å². The van der Waals surface area contributed by atoms with Crippen molar-refractivity contribution in [3.8, 4) is 11.6 Å². The fourth-order valence-corrected chi connectivity index (χ4v) is 1.61. The van der Waals surface area contributed by atoms with E-state index in [2.05, 4.69) is 24.0 Å². The van der Waals surface area contributed by atoms with E-state index in [0.29, 0.717) is 11.7 Å². The maximum Gasteiger partial charge on any atom is 0.341 e. The molecule has 1 aromatic heterocycles. The van der Waals surface area contributed by atoms with Crippen molar-refractivity contribution in [2.45, 2.75) is 19.8 Å². The summed E-state index contributed by atoms with van der Waals surface area (Å²) in [5.41, 5.74) is 1.10. The number of hydrogen-bond acceptors (Lipinski definition) is 4. The van der Waals surface area contributed by atoms with E-state index in [1.807, 2.05) is 18.2 Å². The first kappa shape index (κ1) is 13.0. The van der Waals surface area contributed by atoms with E-state index < -0.39 is 5.97 Å². The lowest BCUT2D eigenvalue weighted by Gasteiger charge is -2.09. The van der Waals surface area contributed by atoms with Crippen LogP contribution in [0, 0.1) is 0 Å². The van der Waals surface area contributed by atoms with Crippen LogP contribution in [0.25, 0.3) is 0 Å². The van der Waals surface area contributed by atoms with Gasteiger partial charge in [-0.05, 0) is 29.7 Å². The molecule has 0 atom stereocenters. The maximum absolute atomic E-state index is 11.0. The standard InChI is InChI=1S/C14H14N2O3/c1-9(2)10-4-3-5-11(8-10)19-13-12(14(17)18)6-7-15-16-13/h3-9H,1-2H3,(H,17,18). The van der Waals surface area contributed by atoms with Crippen LogP contribution in [0.5, 0.6) is 11.6 Å². The fourth-order valence-electron chi connectivity index (χ4n) is 1.61. The van der Waals surface area contributed by atoms with Crippen LogP contribution in [0.4, 0.5) is 0 Å². The smallest absolute Gasteiger partial charge is 0.341 e. The molecule has 0 unspecified atom stereocenters. The van der Waals surface area contributed by atoms with E-state index >= 15 is 0 Å². The van der Waals surface area contributed by atoms with Gasteiger partial charge < -0.3 is 9.84 Å². The number of ether oxygens (including phenoxy) is 1. The van der Waals surface area contributed by atoms with Crippen LogP contribution in [0.1, 0.15) is 35.7 Å². The van der Waals surface area contributed by atoms with Crippen molar-refractivity contribution in [1.82, 2.24) is 10.2 Å². The van der Waals surface area contributed by atoms with E-state index in [1.165, 1.54) is 12.3 Å². The summed E-state index contributed by atoms with van der Waals surface area (Å²) in [6, 6.07) is 8.84. The summed E-state index contributed by atoms with van der Waals surface area (Å²) in [4.78, 5) is 11.0. The number of rotatable bonds is 4. The number of carboxylic acid groups (broad SMARTS) is 1. The van der Waals surface area contributed by atoms with Gasteiger partial charge in [0.2, 0.25) is 0 Å². The Kier molecular flexibility index (Phi) is 3.75. The minimum atomic E-state index is -1.09. The SMILES string of the molecule is CC(C)c1cccc(Oc2nnccc2C(=O)O)c1. The van der Waals surface area contributed by atoms with Gasteiger partial charge in [0.25, 0.3) is 5.88 Å². The van der Waals surface area contributed by atoms with Crippen LogP contribution >= 0.6 is 0 Å². The van der Waals surface area contributed by atoms with E-state index in [1.54, 1.807) is 6.07 Å². The summed E-state index contributed by atoms with van der Waals surface area (Å²) < 4.78 is 5.51. The molecule has 0 aliphatic carbocycles. The minimum Gasteiger partial charge on any atom is -0.477 e. The summed E-state index contributed by atoms with van der Waals surface area (Å²) >= 11 is 0. The molecule has 2 rings (SSSR count). The number of aromatic nitrogens is 2. The second kappa shape index (κ2) is 5.48. The molecular formula is C14H14N2O3. The molecule has 1 N–H and O–H groups in total. The second-order valence-corrected chi connectivity index (χ2v) is 4.38. The normalized spacial score (nSPS) is 10.5. The quantitative estimate of drug-likeness (QED) is 0.912. The number of benzene rings is 1. The molecule has 1 heterocycles. The molecule has 98 valence electrons. The van der Waals surface area contributed by atoms with E-state index in [-0.39, 0.29) is 11.4 Å². The first-order valence-corrected chi connectivity index (χ1v) is 5.90. The van der Waals surface area contributed by atoms with Crippen LogP contribution < -0.4 is 4.74 Å². The second-order valence-electron chi connectivity index (χ2n) is 4.38. The molecule has 19 heavy (non-hydrogen) atoms. The molecule has 0 aliphatic rings. The van der Waals surface area contributed by atoms with Gasteiger partial charge in [-0.25, -0.2) is 4.79 Å². The predicted octanol–water partition coefficient (Wildman–Crippen LogP) is 3.09.